The molecule has 1 unspecified atom stereocenters. The first-order chi connectivity index (χ1) is 10.1. The summed E-state index contributed by atoms with van der Waals surface area (Å²) in [6, 6.07) is -0.127. The van der Waals surface area contributed by atoms with E-state index < -0.39 is 0 Å². The van der Waals surface area contributed by atoms with Crippen LogP contribution in [-0.2, 0) is 21.5 Å². The van der Waals surface area contributed by atoms with E-state index in [1.165, 1.54) is 0 Å². The second kappa shape index (κ2) is 7.33. The molecule has 21 heavy (non-hydrogen) atoms. The molecule has 1 heterocycles. The van der Waals surface area contributed by atoms with Crippen molar-refractivity contribution >= 4 is 0 Å². The van der Waals surface area contributed by atoms with Crippen molar-refractivity contribution in [1.29, 1.82) is 0 Å². The largest absolute Gasteiger partial charge is 0.383 e. The molecule has 120 valence electrons. The minimum atomic E-state index is -0.381. The first-order valence-corrected chi connectivity index (χ1v) is 7.81. The van der Waals surface area contributed by atoms with Crippen molar-refractivity contribution in [2.75, 3.05) is 20.3 Å². The Bertz CT molecular complexity index is 428. The Morgan fingerprint density at radius 2 is 2.14 bits per heavy atom. The molecule has 0 aromatic carbocycles. The van der Waals surface area contributed by atoms with Gasteiger partial charge in [0.15, 0.2) is 0 Å². The lowest BCUT2D eigenvalue weighted by Crippen LogP contribution is -2.35. The molecule has 1 aliphatic rings. The molecule has 1 aliphatic carbocycles. The quantitative estimate of drug-likeness (QED) is 0.829. The van der Waals surface area contributed by atoms with Gasteiger partial charge in [-0.1, -0.05) is 12.1 Å². The second-order valence-corrected chi connectivity index (χ2v) is 6.04. The third kappa shape index (κ3) is 4.02. The van der Waals surface area contributed by atoms with Crippen LogP contribution in [0.15, 0.2) is 4.52 Å². The van der Waals surface area contributed by atoms with Crippen molar-refractivity contribution in [3.05, 3.63) is 11.7 Å². The van der Waals surface area contributed by atoms with Crippen LogP contribution in [0.4, 0.5) is 0 Å². The number of hydrogen-bond acceptors (Lipinski definition) is 6. The predicted octanol–water partition coefficient (Wildman–Crippen LogP) is 2.03. The van der Waals surface area contributed by atoms with Crippen LogP contribution in [0.1, 0.15) is 51.2 Å². The van der Waals surface area contributed by atoms with Gasteiger partial charge >= 0.3 is 0 Å². The van der Waals surface area contributed by atoms with Gasteiger partial charge < -0.3 is 19.7 Å². The molecule has 1 aromatic heterocycles. The van der Waals surface area contributed by atoms with Crippen molar-refractivity contribution in [2.45, 2.75) is 57.6 Å². The normalized spacial score (nSPS) is 27.7. The molecule has 2 rings (SSSR count). The summed E-state index contributed by atoms with van der Waals surface area (Å²) >= 11 is 0. The number of aromatic nitrogens is 2. The highest BCUT2D eigenvalue weighted by Crippen LogP contribution is 2.41. The zero-order valence-corrected chi connectivity index (χ0v) is 13.3. The summed E-state index contributed by atoms with van der Waals surface area (Å²) in [5.41, 5.74) is 5.55. The maximum atomic E-state index is 6.03. The highest BCUT2D eigenvalue weighted by atomic mass is 16.5. The highest BCUT2D eigenvalue weighted by molar-refractivity contribution is 5.04. The summed E-state index contributed by atoms with van der Waals surface area (Å²) in [5, 5.41) is 4.16. The second-order valence-electron chi connectivity index (χ2n) is 6.04. The number of hydrogen-bond donors (Lipinski definition) is 1. The van der Waals surface area contributed by atoms with Crippen molar-refractivity contribution in [3.8, 4) is 0 Å². The first kappa shape index (κ1) is 16.4. The number of ether oxygens (including phenoxy) is 2. The van der Waals surface area contributed by atoms with Crippen LogP contribution in [0, 0.1) is 5.92 Å². The Hall–Kier alpha value is -0.980. The van der Waals surface area contributed by atoms with Crippen LogP contribution < -0.4 is 5.73 Å². The summed E-state index contributed by atoms with van der Waals surface area (Å²) in [6.07, 6.45) is 4.69. The number of rotatable bonds is 7. The van der Waals surface area contributed by atoms with Crippen molar-refractivity contribution in [3.63, 3.8) is 0 Å². The SMILES string of the molecule is CCOC1(c2noc(CC(N)COC)n2)CCC(C)CC1. The summed E-state index contributed by atoms with van der Waals surface area (Å²) in [6.45, 7) is 5.42. The summed E-state index contributed by atoms with van der Waals surface area (Å²) in [7, 11) is 1.63. The van der Waals surface area contributed by atoms with E-state index in [1.54, 1.807) is 7.11 Å². The van der Waals surface area contributed by atoms with Gasteiger partial charge in [0.25, 0.3) is 0 Å². The molecule has 6 heteroatoms. The predicted molar refractivity (Wildman–Crippen MR) is 78.8 cm³/mol. The summed E-state index contributed by atoms with van der Waals surface area (Å²) in [4.78, 5) is 4.53. The monoisotopic (exact) mass is 297 g/mol. The van der Waals surface area contributed by atoms with Crippen molar-refractivity contribution in [1.82, 2.24) is 10.1 Å². The van der Waals surface area contributed by atoms with Gasteiger partial charge in [0.1, 0.15) is 5.60 Å². The van der Waals surface area contributed by atoms with Gasteiger partial charge in [0, 0.05) is 26.2 Å². The van der Waals surface area contributed by atoms with Gasteiger partial charge in [0.2, 0.25) is 11.7 Å². The molecule has 1 fully saturated rings. The van der Waals surface area contributed by atoms with E-state index in [1.807, 2.05) is 6.92 Å². The lowest BCUT2D eigenvalue weighted by atomic mass is 9.79. The lowest BCUT2D eigenvalue weighted by Gasteiger charge is -2.36. The average Bonchev–Trinajstić information content (AvgIpc) is 2.91. The number of nitrogens with zero attached hydrogens (tertiary/aromatic N) is 2. The molecular weight excluding hydrogens is 270 g/mol. The van der Waals surface area contributed by atoms with Gasteiger partial charge in [-0.3, -0.25) is 0 Å². The topological polar surface area (TPSA) is 83.4 Å². The maximum Gasteiger partial charge on any atom is 0.228 e. The van der Waals surface area contributed by atoms with Crippen LogP contribution in [0.5, 0.6) is 0 Å². The van der Waals surface area contributed by atoms with Crippen LogP contribution >= 0.6 is 0 Å². The smallest absolute Gasteiger partial charge is 0.228 e. The Morgan fingerprint density at radius 1 is 1.43 bits per heavy atom. The Kier molecular flexibility index (Phi) is 5.72. The van der Waals surface area contributed by atoms with Crippen LogP contribution in [0.2, 0.25) is 0 Å². The number of methoxy groups -OCH3 is 1. The zero-order chi connectivity index (χ0) is 15.3. The molecule has 0 bridgehead atoms. The van der Waals surface area contributed by atoms with Crippen molar-refractivity contribution in [2.24, 2.45) is 11.7 Å². The molecule has 1 saturated carbocycles. The molecule has 0 radical (unpaired) electrons. The van der Waals surface area contributed by atoms with Crippen LogP contribution in [0.3, 0.4) is 0 Å². The molecule has 1 aromatic rings. The number of nitrogens with two attached hydrogens (primary N) is 1. The van der Waals surface area contributed by atoms with Crippen LogP contribution in [-0.4, -0.2) is 36.5 Å². The standard InChI is InChI=1S/C15H27N3O3/c1-4-20-15(7-5-11(2)6-8-15)14-17-13(21-18-14)9-12(16)10-19-3/h11-12H,4-10,16H2,1-3H3. The van der Waals surface area contributed by atoms with E-state index in [-0.39, 0.29) is 11.6 Å². The fraction of sp³-hybridized carbons (Fsp3) is 0.867. The Balaban J connectivity index is 2.09. The van der Waals surface area contributed by atoms with E-state index in [9.17, 15) is 0 Å². The Labute approximate surface area is 126 Å². The fourth-order valence-electron chi connectivity index (χ4n) is 2.96. The summed E-state index contributed by atoms with van der Waals surface area (Å²) in [5.74, 6) is 1.98. The van der Waals surface area contributed by atoms with E-state index in [0.29, 0.717) is 31.3 Å². The zero-order valence-electron chi connectivity index (χ0n) is 13.3. The highest BCUT2D eigenvalue weighted by Gasteiger charge is 2.40. The molecule has 2 N–H and O–H groups in total. The third-order valence-electron chi connectivity index (χ3n) is 4.20. The molecule has 1 atom stereocenters. The molecule has 6 nitrogen and oxygen atoms in total. The minimum absolute atomic E-state index is 0.127. The third-order valence-corrected chi connectivity index (χ3v) is 4.20. The van der Waals surface area contributed by atoms with Gasteiger partial charge in [-0.05, 0) is 38.5 Å². The lowest BCUT2D eigenvalue weighted by molar-refractivity contribution is -0.0847. The summed E-state index contributed by atoms with van der Waals surface area (Å²) < 4.78 is 16.4. The molecule has 0 amide bonds. The van der Waals surface area contributed by atoms with Gasteiger partial charge in [-0.25, -0.2) is 0 Å². The van der Waals surface area contributed by atoms with Gasteiger partial charge in [-0.15, -0.1) is 0 Å². The van der Waals surface area contributed by atoms with Gasteiger partial charge in [-0.2, -0.15) is 4.98 Å². The average molecular weight is 297 g/mol. The maximum absolute atomic E-state index is 6.03. The minimum Gasteiger partial charge on any atom is -0.383 e. The van der Waals surface area contributed by atoms with E-state index >= 15 is 0 Å². The van der Waals surface area contributed by atoms with E-state index in [2.05, 4.69) is 17.1 Å². The fourth-order valence-corrected chi connectivity index (χ4v) is 2.96. The van der Waals surface area contributed by atoms with Gasteiger partial charge in [0.05, 0.1) is 6.61 Å². The molecule has 0 spiro atoms. The first-order valence-electron chi connectivity index (χ1n) is 7.81. The van der Waals surface area contributed by atoms with E-state index in [4.69, 9.17) is 19.7 Å². The Morgan fingerprint density at radius 3 is 2.76 bits per heavy atom. The van der Waals surface area contributed by atoms with Crippen LogP contribution in [0.25, 0.3) is 0 Å². The van der Waals surface area contributed by atoms with E-state index in [0.717, 1.165) is 31.6 Å². The molecule has 0 aliphatic heterocycles. The molecular formula is C15H27N3O3. The molecule has 0 saturated heterocycles. The van der Waals surface area contributed by atoms with Crippen molar-refractivity contribution < 1.29 is 14.0 Å².